The first-order chi connectivity index (χ1) is 8.99. The van der Waals surface area contributed by atoms with E-state index in [9.17, 15) is 8.78 Å². The molecule has 0 aliphatic carbocycles. The van der Waals surface area contributed by atoms with Gasteiger partial charge < -0.3 is 10.5 Å². The Morgan fingerprint density at radius 2 is 1.89 bits per heavy atom. The van der Waals surface area contributed by atoms with Crippen LogP contribution >= 0.6 is 0 Å². The van der Waals surface area contributed by atoms with E-state index in [4.69, 9.17) is 15.9 Å². The molecular formula is C14H12F2N2O. The van der Waals surface area contributed by atoms with Crippen LogP contribution in [0.15, 0.2) is 36.4 Å². The lowest BCUT2D eigenvalue weighted by atomic mass is 10.2. The smallest absolute Gasteiger partial charge is 0.168 e. The molecule has 2 aromatic carbocycles. The highest BCUT2D eigenvalue weighted by Gasteiger charge is 2.11. The van der Waals surface area contributed by atoms with E-state index in [1.807, 2.05) is 0 Å². The number of ether oxygens (including phenoxy) is 1. The Hall–Kier alpha value is -2.43. The molecular weight excluding hydrogens is 250 g/mol. The third-order valence-corrected chi connectivity index (χ3v) is 2.62. The molecule has 0 aromatic heterocycles. The number of halogens is 2. The van der Waals surface area contributed by atoms with Crippen LogP contribution < -0.4 is 10.5 Å². The predicted octanol–water partition coefficient (Wildman–Crippen LogP) is 3.35. The van der Waals surface area contributed by atoms with Gasteiger partial charge in [0.1, 0.15) is 5.84 Å². The van der Waals surface area contributed by atoms with Crippen LogP contribution in [0.1, 0.15) is 11.1 Å². The predicted molar refractivity (Wildman–Crippen MR) is 68.6 cm³/mol. The fraction of sp³-hybridized carbons (Fsp3) is 0.0714. The topological polar surface area (TPSA) is 59.1 Å². The summed E-state index contributed by atoms with van der Waals surface area (Å²) in [6, 6.07) is 8.46. The molecule has 0 bridgehead atoms. The summed E-state index contributed by atoms with van der Waals surface area (Å²) in [6.45, 7) is 1.59. The number of benzene rings is 2. The molecule has 0 aliphatic heterocycles. The van der Waals surface area contributed by atoms with Gasteiger partial charge in [0.2, 0.25) is 0 Å². The Morgan fingerprint density at radius 1 is 1.16 bits per heavy atom. The van der Waals surface area contributed by atoms with Gasteiger partial charge >= 0.3 is 0 Å². The lowest BCUT2D eigenvalue weighted by molar-refractivity contribution is 0.413. The van der Waals surface area contributed by atoms with E-state index in [0.717, 1.165) is 6.07 Å². The molecule has 0 spiro atoms. The van der Waals surface area contributed by atoms with Gasteiger partial charge in [0.25, 0.3) is 0 Å². The monoisotopic (exact) mass is 262 g/mol. The molecule has 0 heterocycles. The number of nitrogens with one attached hydrogen (secondary N) is 1. The SMILES string of the molecule is Cc1cccc(Oc2ccc(C(=N)N)cc2F)c1F. The average Bonchev–Trinajstić information content (AvgIpc) is 2.37. The van der Waals surface area contributed by atoms with Gasteiger partial charge in [-0.15, -0.1) is 0 Å². The number of aryl methyl sites for hydroxylation is 1. The fourth-order valence-electron chi connectivity index (χ4n) is 1.57. The number of amidine groups is 1. The molecule has 0 atom stereocenters. The van der Waals surface area contributed by atoms with Gasteiger partial charge in [-0.25, -0.2) is 8.78 Å². The van der Waals surface area contributed by atoms with E-state index < -0.39 is 11.6 Å². The second-order valence-electron chi connectivity index (χ2n) is 4.05. The van der Waals surface area contributed by atoms with E-state index in [1.165, 1.54) is 18.2 Å². The van der Waals surface area contributed by atoms with Gasteiger partial charge in [0, 0.05) is 5.56 Å². The number of rotatable bonds is 3. The van der Waals surface area contributed by atoms with E-state index in [-0.39, 0.29) is 22.9 Å². The Kier molecular flexibility index (Phi) is 3.46. The largest absolute Gasteiger partial charge is 0.451 e. The summed E-state index contributed by atoms with van der Waals surface area (Å²) in [7, 11) is 0. The van der Waals surface area contributed by atoms with Gasteiger partial charge in [-0.2, -0.15) is 0 Å². The summed E-state index contributed by atoms with van der Waals surface area (Å²) >= 11 is 0. The van der Waals surface area contributed by atoms with Crippen molar-refractivity contribution in [3.63, 3.8) is 0 Å². The first-order valence-corrected chi connectivity index (χ1v) is 5.56. The molecule has 2 rings (SSSR count). The summed E-state index contributed by atoms with van der Waals surface area (Å²) in [6.07, 6.45) is 0. The summed E-state index contributed by atoms with van der Waals surface area (Å²) < 4.78 is 32.6. The minimum atomic E-state index is -0.700. The van der Waals surface area contributed by atoms with Crippen molar-refractivity contribution in [3.8, 4) is 11.5 Å². The average molecular weight is 262 g/mol. The van der Waals surface area contributed by atoms with E-state index in [2.05, 4.69) is 0 Å². The number of nitrogen functional groups attached to an aromatic ring is 1. The van der Waals surface area contributed by atoms with Crippen molar-refractivity contribution >= 4 is 5.84 Å². The molecule has 0 saturated carbocycles. The van der Waals surface area contributed by atoms with E-state index in [0.29, 0.717) is 5.56 Å². The summed E-state index contributed by atoms with van der Waals surface area (Å²) in [5.74, 6) is -1.64. The van der Waals surface area contributed by atoms with Crippen molar-refractivity contribution < 1.29 is 13.5 Å². The summed E-state index contributed by atoms with van der Waals surface area (Å²) in [4.78, 5) is 0. The Bertz CT molecular complexity index is 641. The molecule has 3 N–H and O–H groups in total. The zero-order chi connectivity index (χ0) is 14.0. The molecule has 19 heavy (non-hydrogen) atoms. The standard InChI is InChI=1S/C14H12F2N2O/c1-8-3-2-4-12(13(8)16)19-11-6-5-9(14(17)18)7-10(11)15/h2-7H,1H3,(H3,17,18). The quantitative estimate of drug-likeness (QED) is 0.658. The van der Waals surface area contributed by atoms with Crippen LogP contribution in [-0.2, 0) is 0 Å². The highest BCUT2D eigenvalue weighted by molar-refractivity contribution is 5.95. The third-order valence-electron chi connectivity index (χ3n) is 2.62. The molecule has 5 heteroatoms. The van der Waals surface area contributed by atoms with Crippen molar-refractivity contribution in [3.05, 3.63) is 59.2 Å². The molecule has 0 fully saturated rings. The van der Waals surface area contributed by atoms with Gasteiger partial charge in [-0.05, 0) is 36.8 Å². The molecule has 0 amide bonds. The minimum absolute atomic E-state index is 0.0468. The van der Waals surface area contributed by atoms with E-state index >= 15 is 0 Å². The lowest BCUT2D eigenvalue weighted by Gasteiger charge is -2.09. The van der Waals surface area contributed by atoms with Crippen LogP contribution in [0.4, 0.5) is 8.78 Å². The molecule has 2 aromatic rings. The van der Waals surface area contributed by atoms with Crippen molar-refractivity contribution in [2.75, 3.05) is 0 Å². The summed E-state index contributed by atoms with van der Waals surface area (Å²) in [5.41, 5.74) is 5.91. The van der Waals surface area contributed by atoms with Crippen LogP contribution in [0.5, 0.6) is 11.5 Å². The van der Waals surface area contributed by atoms with Crippen molar-refractivity contribution in [2.45, 2.75) is 6.92 Å². The molecule has 0 radical (unpaired) electrons. The van der Waals surface area contributed by atoms with Crippen molar-refractivity contribution in [2.24, 2.45) is 5.73 Å². The van der Waals surface area contributed by atoms with Crippen molar-refractivity contribution in [1.29, 1.82) is 5.41 Å². The molecule has 0 unspecified atom stereocenters. The Labute approximate surface area is 109 Å². The Morgan fingerprint density at radius 3 is 2.53 bits per heavy atom. The number of nitrogens with two attached hydrogens (primary N) is 1. The second kappa shape index (κ2) is 5.06. The lowest BCUT2D eigenvalue weighted by Crippen LogP contribution is -2.11. The van der Waals surface area contributed by atoms with Crippen LogP contribution in [0, 0.1) is 24.0 Å². The van der Waals surface area contributed by atoms with Crippen LogP contribution in [0.2, 0.25) is 0 Å². The van der Waals surface area contributed by atoms with Gasteiger partial charge in [-0.3, -0.25) is 5.41 Å². The van der Waals surface area contributed by atoms with Crippen LogP contribution in [0.25, 0.3) is 0 Å². The molecule has 3 nitrogen and oxygen atoms in total. The number of hydrogen-bond donors (Lipinski definition) is 2. The molecule has 98 valence electrons. The Balaban J connectivity index is 2.34. The zero-order valence-corrected chi connectivity index (χ0v) is 10.2. The minimum Gasteiger partial charge on any atom is -0.451 e. The maximum atomic E-state index is 13.7. The highest BCUT2D eigenvalue weighted by Crippen LogP contribution is 2.28. The van der Waals surface area contributed by atoms with E-state index in [1.54, 1.807) is 19.1 Å². The third kappa shape index (κ3) is 2.70. The highest BCUT2D eigenvalue weighted by atomic mass is 19.1. The molecule has 0 aliphatic rings. The fourth-order valence-corrected chi connectivity index (χ4v) is 1.57. The van der Waals surface area contributed by atoms with Gasteiger partial charge in [0.15, 0.2) is 23.1 Å². The normalized spacial score (nSPS) is 10.3. The van der Waals surface area contributed by atoms with Gasteiger partial charge in [-0.1, -0.05) is 12.1 Å². The maximum Gasteiger partial charge on any atom is 0.168 e. The van der Waals surface area contributed by atoms with Crippen molar-refractivity contribution in [1.82, 2.24) is 0 Å². The maximum absolute atomic E-state index is 13.7. The first-order valence-electron chi connectivity index (χ1n) is 5.56. The summed E-state index contributed by atoms with van der Waals surface area (Å²) in [5, 5.41) is 7.20. The second-order valence-corrected chi connectivity index (χ2v) is 4.05. The van der Waals surface area contributed by atoms with Gasteiger partial charge in [0.05, 0.1) is 0 Å². The first kappa shape index (κ1) is 13.0. The van der Waals surface area contributed by atoms with Crippen LogP contribution in [-0.4, -0.2) is 5.84 Å². The van der Waals surface area contributed by atoms with Crippen LogP contribution in [0.3, 0.4) is 0 Å². The zero-order valence-electron chi connectivity index (χ0n) is 10.2. The number of hydrogen-bond acceptors (Lipinski definition) is 2. The molecule has 0 saturated heterocycles.